The second-order valence-corrected chi connectivity index (χ2v) is 5.03. The zero-order valence-corrected chi connectivity index (χ0v) is 11.0. The van der Waals surface area contributed by atoms with Crippen LogP contribution in [-0.2, 0) is 13.0 Å². The molecule has 1 aliphatic rings. The molecule has 2 rings (SSSR count). The van der Waals surface area contributed by atoms with Crippen molar-refractivity contribution < 1.29 is 4.42 Å². The van der Waals surface area contributed by atoms with Gasteiger partial charge in [0.1, 0.15) is 11.5 Å². The number of unbranched alkanes of at least 4 members (excludes halogenated alkanes) is 1. The Morgan fingerprint density at radius 2 is 2.18 bits per heavy atom. The Hall–Kier alpha value is -0.800. The summed E-state index contributed by atoms with van der Waals surface area (Å²) in [5.74, 6) is 2.22. The topological polar surface area (TPSA) is 37.2 Å². The molecule has 3 nitrogen and oxygen atoms in total. The number of aryl methyl sites for hydroxylation is 2. The van der Waals surface area contributed by atoms with Crippen LogP contribution in [0.4, 0.5) is 0 Å². The van der Waals surface area contributed by atoms with Gasteiger partial charge in [0.25, 0.3) is 0 Å². The normalized spacial score (nSPS) is 15.4. The van der Waals surface area contributed by atoms with E-state index >= 15 is 0 Å². The molecule has 0 aromatic carbocycles. The first-order valence-electron chi connectivity index (χ1n) is 6.75. The Morgan fingerprint density at radius 1 is 1.35 bits per heavy atom. The molecule has 0 radical (unpaired) electrons. The van der Waals surface area contributed by atoms with Crippen molar-refractivity contribution in [2.24, 2.45) is 0 Å². The number of furan rings is 1. The third-order valence-corrected chi connectivity index (χ3v) is 3.27. The molecule has 1 aromatic heterocycles. The largest absolute Gasteiger partial charge is 0.464 e. The minimum absolute atomic E-state index is 0.828. The first-order chi connectivity index (χ1) is 8.29. The molecule has 1 heterocycles. The van der Waals surface area contributed by atoms with Crippen LogP contribution < -0.4 is 10.6 Å². The molecule has 17 heavy (non-hydrogen) atoms. The molecule has 2 N–H and O–H groups in total. The van der Waals surface area contributed by atoms with Crippen LogP contribution >= 0.6 is 0 Å². The van der Waals surface area contributed by atoms with E-state index in [1.807, 2.05) is 7.05 Å². The zero-order valence-electron chi connectivity index (χ0n) is 11.0. The van der Waals surface area contributed by atoms with Gasteiger partial charge in [0.05, 0.1) is 6.54 Å². The molecular formula is C14H24N2O. The van der Waals surface area contributed by atoms with Gasteiger partial charge in [0.15, 0.2) is 0 Å². The average molecular weight is 236 g/mol. The number of rotatable bonds is 8. The Labute approximate surface area is 104 Å². The molecule has 1 saturated carbocycles. The highest BCUT2D eigenvalue weighted by molar-refractivity contribution is 5.20. The standard InChI is InChI=1S/C14H24N2O/c1-11-9-13(17-14(11)10-15-2)5-3-4-8-16-12-6-7-12/h9,12,15-16H,3-8,10H2,1-2H3. The van der Waals surface area contributed by atoms with Crippen LogP contribution in [-0.4, -0.2) is 19.6 Å². The molecule has 0 unspecified atom stereocenters. The number of nitrogens with one attached hydrogen (secondary N) is 2. The molecule has 0 spiro atoms. The Morgan fingerprint density at radius 3 is 2.88 bits per heavy atom. The van der Waals surface area contributed by atoms with E-state index in [1.165, 1.54) is 31.2 Å². The highest BCUT2D eigenvalue weighted by atomic mass is 16.3. The fraction of sp³-hybridized carbons (Fsp3) is 0.714. The number of hydrogen-bond donors (Lipinski definition) is 2. The van der Waals surface area contributed by atoms with Crippen molar-refractivity contribution in [3.63, 3.8) is 0 Å². The quantitative estimate of drug-likeness (QED) is 0.681. The van der Waals surface area contributed by atoms with Gasteiger partial charge in [0, 0.05) is 12.5 Å². The van der Waals surface area contributed by atoms with E-state index in [0.717, 1.165) is 37.1 Å². The molecule has 0 amide bonds. The third-order valence-electron chi connectivity index (χ3n) is 3.27. The van der Waals surface area contributed by atoms with Crippen molar-refractivity contribution in [3.8, 4) is 0 Å². The molecule has 0 atom stereocenters. The molecule has 0 saturated heterocycles. The van der Waals surface area contributed by atoms with Crippen LogP contribution in [0, 0.1) is 6.92 Å². The second-order valence-electron chi connectivity index (χ2n) is 5.03. The smallest absolute Gasteiger partial charge is 0.120 e. The van der Waals surface area contributed by atoms with Crippen molar-refractivity contribution in [2.75, 3.05) is 13.6 Å². The monoisotopic (exact) mass is 236 g/mol. The van der Waals surface area contributed by atoms with Crippen molar-refractivity contribution in [2.45, 2.75) is 51.6 Å². The summed E-state index contributed by atoms with van der Waals surface area (Å²) in [4.78, 5) is 0. The van der Waals surface area contributed by atoms with Crippen LogP contribution in [0.25, 0.3) is 0 Å². The molecule has 3 heteroatoms. The Balaban J connectivity index is 1.65. The van der Waals surface area contributed by atoms with E-state index in [0.29, 0.717) is 0 Å². The first kappa shape index (κ1) is 12.7. The SMILES string of the molecule is CNCc1oc(CCCCNC2CC2)cc1C. The maximum Gasteiger partial charge on any atom is 0.120 e. The summed E-state index contributed by atoms with van der Waals surface area (Å²) in [6.07, 6.45) is 6.29. The van der Waals surface area contributed by atoms with Crippen molar-refractivity contribution in [3.05, 3.63) is 23.2 Å². The molecule has 1 aliphatic carbocycles. The van der Waals surface area contributed by atoms with E-state index in [-0.39, 0.29) is 0 Å². The van der Waals surface area contributed by atoms with Gasteiger partial charge in [-0.05, 0) is 57.8 Å². The summed E-state index contributed by atoms with van der Waals surface area (Å²) < 4.78 is 5.81. The van der Waals surface area contributed by atoms with E-state index in [4.69, 9.17) is 4.42 Å². The summed E-state index contributed by atoms with van der Waals surface area (Å²) in [7, 11) is 1.95. The van der Waals surface area contributed by atoms with Gasteiger partial charge in [-0.1, -0.05) is 0 Å². The predicted molar refractivity (Wildman–Crippen MR) is 70.2 cm³/mol. The fourth-order valence-electron chi connectivity index (χ4n) is 2.07. The maximum atomic E-state index is 5.81. The lowest BCUT2D eigenvalue weighted by atomic mass is 10.2. The minimum Gasteiger partial charge on any atom is -0.464 e. The van der Waals surface area contributed by atoms with E-state index in [1.54, 1.807) is 0 Å². The van der Waals surface area contributed by atoms with Gasteiger partial charge in [-0.3, -0.25) is 0 Å². The lowest BCUT2D eigenvalue weighted by Crippen LogP contribution is -2.17. The Kier molecular flexibility index (Phi) is 4.63. The molecule has 0 aliphatic heterocycles. The van der Waals surface area contributed by atoms with Gasteiger partial charge >= 0.3 is 0 Å². The van der Waals surface area contributed by atoms with Crippen molar-refractivity contribution in [1.29, 1.82) is 0 Å². The predicted octanol–water partition coefficient (Wildman–Crippen LogP) is 2.38. The molecule has 1 aromatic rings. The van der Waals surface area contributed by atoms with E-state index < -0.39 is 0 Å². The van der Waals surface area contributed by atoms with Gasteiger partial charge in [-0.2, -0.15) is 0 Å². The first-order valence-corrected chi connectivity index (χ1v) is 6.75. The maximum absolute atomic E-state index is 5.81. The molecular weight excluding hydrogens is 212 g/mol. The van der Waals surface area contributed by atoms with E-state index in [9.17, 15) is 0 Å². The van der Waals surface area contributed by atoms with E-state index in [2.05, 4.69) is 23.6 Å². The molecule has 96 valence electrons. The number of hydrogen-bond acceptors (Lipinski definition) is 3. The summed E-state index contributed by atoms with van der Waals surface area (Å²) in [6.45, 7) is 4.11. The highest BCUT2D eigenvalue weighted by Gasteiger charge is 2.19. The Bertz CT molecular complexity index is 342. The third kappa shape index (κ3) is 4.17. The van der Waals surface area contributed by atoms with Gasteiger partial charge in [0.2, 0.25) is 0 Å². The molecule has 1 fully saturated rings. The lowest BCUT2D eigenvalue weighted by molar-refractivity contribution is 0.445. The van der Waals surface area contributed by atoms with Crippen molar-refractivity contribution in [1.82, 2.24) is 10.6 Å². The second kappa shape index (κ2) is 6.22. The van der Waals surface area contributed by atoms with Crippen LogP contribution in [0.1, 0.15) is 42.8 Å². The fourth-order valence-corrected chi connectivity index (χ4v) is 2.07. The summed E-state index contributed by atoms with van der Waals surface area (Å²) in [5.41, 5.74) is 1.27. The van der Waals surface area contributed by atoms with Crippen LogP contribution in [0.2, 0.25) is 0 Å². The summed E-state index contributed by atoms with van der Waals surface area (Å²) in [6, 6.07) is 3.02. The van der Waals surface area contributed by atoms with Crippen LogP contribution in [0.3, 0.4) is 0 Å². The zero-order chi connectivity index (χ0) is 12.1. The van der Waals surface area contributed by atoms with Crippen LogP contribution in [0.5, 0.6) is 0 Å². The average Bonchev–Trinajstić information content (AvgIpc) is 3.05. The summed E-state index contributed by atoms with van der Waals surface area (Å²) in [5, 5.41) is 6.67. The van der Waals surface area contributed by atoms with Crippen molar-refractivity contribution >= 4 is 0 Å². The molecule has 0 bridgehead atoms. The summed E-state index contributed by atoms with van der Waals surface area (Å²) >= 11 is 0. The minimum atomic E-state index is 0.828. The highest BCUT2D eigenvalue weighted by Crippen LogP contribution is 2.19. The van der Waals surface area contributed by atoms with Gasteiger partial charge < -0.3 is 15.1 Å². The van der Waals surface area contributed by atoms with Gasteiger partial charge in [-0.25, -0.2) is 0 Å². The lowest BCUT2D eigenvalue weighted by Gasteiger charge is -2.01. The van der Waals surface area contributed by atoms with Crippen LogP contribution in [0.15, 0.2) is 10.5 Å². The van der Waals surface area contributed by atoms with Gasteiger partial charge in [-0.15, -0.1) is 0 Å².